The zero-order valence-electron chi connectivity index (χ0n) is 13.2. The molecule has 0 aliphatic heterocycles. The standard InChI is InChI=1S/C14H24N6O2/c1-3-4-9-22-13-18-11(16)10-12(19-13)20(8-6-5-7-15)14(17-10)21-2/h3-9,15H2,1-2H3,(H2,16,18,19). The fraction of sp³-hybridized carbons (Fsp3) is 0.643. The van der Waals surface area contributed by atoms with E-state index in [1.54, 1.807) is 7.11 Å². The maximum atomic E-state index is 5.97. The van der Waals surface area contributed by atoms with E-state index in [0.29, 0.717) is 42.7 Å². The number of nitrogen functional groups attached to an aromatic ring is 1. The molecule has 0 amide bonds. The minimum Gasteiger partial charge on any atom is -0.468 e. The highest BCUT2D eigenvalue weighted by Crippen LogP contribution is 2.25. The SMILES string of the molecule is CCCCOc1nc(N)c2nc(OC)n(CCCCN)c2n1. The lowest BCUT2D eigenvalue weighted by molar-refractivity contribution is 0.286. The number of hydrogen-bond donors (Lipinski definition) is 2. The van der Waals surface area contributed by atoms with Gasteiger partial charge in [-0.2, -0.15) is 15.0 Å². The van der Waals surface area contributed by atoms with Gasteiger partial charge in [-0.15, -0.1) is 0 Å². The van der Waals surface area contributed by atoms with Crippen LogP contribution in [0, 0.1) is 0 Å². The third-order valence-corrected chi connectivity index (χ3v) is 3.31. The molecule has 2 aromatic heterocycles. The van der Waals surface area contributed by atoms with Gasteiger partial charge in [-0.3, -0.25) is 4.57 Å². The molecule has 22 heavy (non-hydrogen) atoms. The molecule has 8 heteroatoms. The Labute approximate surface area is 129 Å². The van der Waals surface area contributed by atoms with Crippen molar-refractivity contribution in [2.45, 2.75) is 39.2 Å². The summed E-state index contributed by atoms with van der Waals surface area (Å²) < 4.78 is 12.8. The molecule has 4 N–H and O–H groups in total. The second kappa shape index (κ2) is 7.79. The van der Waals surface area contributed by atoms with E-state index in [1.807, 2.05) is 4.57 Å². The first-order valence-corrected chi connectivity index (χ1v) is 7.61. The minimum atomic E-state index is 0.279. The molecule has 2 aromatic rings. The van der Waals surface area contributed by atoms with E-state index in [2.05, 4.69) is 21.9 Å². The molecule has 0 unspecified atom stereocenters. The van der Waals surface area contributed by atoms with E-state index in [4.69, 9.17) is 20.9 Å². The van der Waals surface area contributed by atoms with Gasteiger partial charge in [0.15, 0.2) is 17.0 Å². The molecule has 0 fully saturated rings. The average molecular weight is 308 g/mol. The molecule has 0 atom stereocenters. The number of fused-ring (bicyclic) bond motifs is 1. The topological polar surface area (TPSA) is 114 Å². The van der Waals surface area contributed by atoms with Crippen LogP contribution in [0.5, 0.6) is 12.0 Å². The van der Waals surface area contributed by atoms with Crippen LogP contribution >= 0.6 is 0 Å². The molecule has 122 valence electrons. The molecule has 0 aliphatic rings. The smallest absolute Gasteiger partial charge is 0.320 e. The Kier molecular flexibility index (Phi) is 5.76. The monoisotopic (exact) mass is 308 g/mol. The Morgan fingerprint density at radius 2 is 1.95 bits per heavy atom. The molecule has 0 spiro atoms. The van der Waals surface area contributed by atoms with Gasteiger partial charge in [0, 0.05) is 6.54 Å². The van der Waals surface area contributed by atoms with Gasteiger partial charge < -0.3 is 20.9 Å². The number of aryl methyl sites for hydroxylation is 1. The number of anilines is 1. The van der Waals surface area contributed by atoms with Crippen molar-refractivity contribution < 1.29 is 9.47 Å². The summed E-state index contributed by atoms with van der Waals surface area (Å²) in [6, 6.07) is 0.750. The highest BCUT2D eigenvalue weighted by atomic mass is 16.5. The van der Waals surface area contributed by atoms with Crippen LogP contribution in [-0.4, -0.2) is 39.8 Å². The van der Waals surface area contributed by atoms with E-state index in [0.717, 1.165) is 25.7 Å². The first-order chi connectivity index (χ1) is 10.7. The third-order valence-electron chi connectivity index (χ3n) is 3.31. The summed E-state index contributed by atoms with van der Waals surface area (Å²) in [5.74, 6) is 0.298. The van der Waals surface area contributed by atoms with Crippen LogP contribution in [0.3, 0.4) is 0 Å². The molecular formula is C14H24N6O2. The Hall–Kier alpha value is -2.09. The second-order valence-corrected chi connectivity index (χ2v) is 5.01. The number of aromatic nitrogens is 4. The van der Waals surface area contributed by atoms with Crippen molar-refractivity contribution in [1.29, 1.82) is 0 Å². The van der Waals surface area contributed by atoms with Crippen molar-refractivity contribution in [1.82, 2.24) is 19.5 Å². The number of methoxy groups -OCH3 is 1. The van der Waals surface area contributed by atoms with Crippen molar-refractivity contribution in [3.05, 3.63) is 0 Å². The number of rotatable bonds is 9. The molecular weight excluding hydrogens is 284 g/mol. The van der Waals surface area contributed by atoms with Gasteiger partial charge in [-0.25, -0.2) is 0 Å². The van der Waals surface area contributed by atoms with Crippen LogP contribution in [0.2, 0.25) is 0 Å². The van der Waals surface area contributed by atoms with Gasteiger partial charge in [0.2, 0.25) is 0 Å². The highest BCUT2D eigenvalue weighted by molar-refractivity contribution is 5.83. The van der Waals surface area contributed by atoms with E-state index >= 15 is 0 Å². The van der Waals surface area contributed by atoms with Crippen LogP contribution < -0.4 is 20.9 Å². The lowest BCUT2D eigenvalue weighted by Gasteiger charge is -2.08. The fourth-order valence-corrected chi connectivity index (χ4v) is 2.13. The first kappa shape index (κ1) is 16.3. The molecule has 0 aromatic carbocycles. The van der Waals surface area contributed by atoms with Crippen LogP contribution in [0.4, 0.5) is 5.82 Å². The first-order valence-electron chi connectivity index (χ1n) is 7.61. The summed E-state index contributed by atoms with van der Waals surface area (Å²) in [4.78, 5) is 12.9. The summed E-state index contributed by atoms with van der Waals surface area (Å²) >= 11 is 0. The minimum absolute atomic E-state index is 0.279. The Balaban J connectivity index is 2.33. The summed E-state index contributed by atoms with van der Waals surface area (Å²) in [5.41, 5.74) is 12.7. The number of hydrogen-bond acceptors (Lipinski definition) is 7. The highest BCUT2D eigenvalue weighted by Gasteiger charge is 2.17. The van der Waals surface area contributed by atoms with Crippen molar-refractivity contribution in [2.75, 3.05) is 26.0 Å². The van der Waals surface area contributed by atoms with Gasteiger partial charge >= 0.3 is 6.01 Å². The lowest BCUT2D eigenvalue weighted by atomic mass is 10.3. The largest absolute Gasteiger partial charge is 0.468 e. The van der Waals surface area contributed by atoms with Gasteiger partial charge in [-0.05, 0) is 25.8 Å². The molecule has 8 nitrogen and oxygen atoms in total. The zero-order chi connectivity index (χ0) is 15.9. The maximum Gasteiger partial charge on any atom is 0.320 e. The van der Waals surface area contributed by atoms with Crippen LogP contribution in [0.25, 0.3) is 11.2 Å². The maximum absolute atomic E-state index is 5.97. The molecule has 0 bridgehead atoms. The second-order valence-electron chi connectivity index (χ2n) is 5.01. The van der Waals surface area contributed by atoms with Gasteiger partial charge in [0.05, 0.1) is 13.7 Å². The summed E-state index contributed by atoms with van der Waals surface area (Å²) in [6.45, 7) is 4.03. The Morgan fingerprint density at radius 3 is 2.64 bits per heavy atom. The van der Waals surface area contributed by atoms with Gasteiger partial charge in [0.25, 0.3) is 6.01 Å². The third kappa shape index (κ3) is 3.56. The van der Waals surface area contributed by atoms with Crippen molar-refractivity contribution >= 4 is 17.0 Å². The van der Waals surface area contributed by atoms with Crippen LogP contribution in [-0.2, 0) is 6.54 Å². The summed E-state index contributed by atoms with van der Waals surface area (Å²) in [7, 11) is 1.57. The molecule has 2 rings (SSSR count). The van der Waals surface area contributed by atoms with Gasteiger partial charge in [-0.1, -0.05) is 13.3 Å². The molecule has 0 aliphatic carbocycles. The van der Waals surface area contributed by atoms with E-state index < -0.39 is 0 Å². The Morgan fingerprint density at radius 1 is 1.14 bits per heavy atom. The lowest BCUT2D eigenvalue weighted by Crippen LogP contribution is -2.07. The van der Waals surface area contributed by atoms with Crippen LogP contribution in [0.15, 0.2) is 0 Å². The van der Waals surface area contributed by atoms with Crippen LogP contribution in [0.1, 0.15) is 32.6 Å². The van der Waals surface area contributed by atoms with E-state index in [1.165, 1.54) is 0 Å². The van der Waals surface area contributed by atoms with Gasteiger partial charge in [0.1, 0.15) is 0 Å². The van der Waals surface area contributed by atoms with Crippen molar-refractivity contribution in [3.8, 4) is 12.0 Å². The quantitative estimate of drug-likeness (QED) is 0.672. The number of nitrogens with two attached hydrogens (primary N) is 2. The number of imidazole rings is 1. The molecule has 0 radical (unpaired) electrons. The normalized spacial score (nSPS) is 11.0. The fourth-order valence-electron chi connectivity index (χ4n) is 2.13. The average Bonchev–Trinajstić information content (AvgIpc) is 2.87. The van der Waals surface area contributed by atoms with Crippen molar-refractivity contribution in [3.63, 3.8) is 0 Å². The summed E-state index contributed by atoms with van der Waals surface area (Å²) in [6.07, 6.45) is 3.82. The van der Waals surface area contributed by atoms with Crippen molar-refractivity contribution in [2.24, 2.45) is 5.73 Å². The van der Waals surface area contributed by atoms with E-state index in [9.17, 15) is 0 Å². The molecule has 0 saturated carbocycles. The number of unbranched alkanes of at least 4 members (excludes halogenated alkanes) is 2. The Bertz CT molecular complexity index is 613. The molecule has 0 saturated heterocycles. The predicted molar refractivity (Wildman–Crippen MR) is 85.0 cm³/mol. The summed E-state index contributed by atoms with van der Waals surface area (Å²) in [5, 5.41) is 0. The number of ether oxygens (including phenoxy) is 2. The molecule has 2 heterocycles. The van der Waals surface area contributed by atoms with E-state index in [-0.39, 0.29) is 6.01 Å². The number of nitrogens with zero attached hydrogens (tertiary/aromatic N) is 4. The predicted octanol–water partition coefficient (Wildman–Crippen LogP) is 1.33. The zero-order valence-corrected chi connectivity index (χ0v) is 13.2.